The Morgan fingerprint density at radius 2 is 2.24 bits per heavy atom. The number of amides is 1. The molecule has 0 heterocycles. The third kappa shape index (κ3) is 5.65. The highest BCUT2D eigenvalue weighted by Crippen LogP contribution is 2.15. The first-order valence-corrected chi connectivity index (χ1v) is 6.16. The Morgan fingerprint density at radius 1 is 1.48 bits per heavy atom. The first-order valence-electron chi connectivity index (χ1n) is 6.16. The molecule has 0 aliphatic carbocycles. The van der Waals surface area contributed by atoms with Gasteiger partial charge in [0.2, 0.25) is 0 Å². The van der Waals surface area contributed by atoms with Gasteiger partial charge in [-0.05, 0) is 19.1 Å². The van der Waals surface area contributed by atoms with E-state index in [1.807, 2.05) is 0 Å². The second kappa shape index (κ2) is 8.22. The maximum absolute atomic E-state index is 11.8. The number of carbonyl (C=O) groups is 2. The molecule has 0 aliphatic heterocycles. The molecule has 0 aliphatic rings. The number of hydrogen-bond donors (Lipinski definition) is 3. The van der Waals surface area contributed by atoms with E-state index in [9.17, 15) is 14.7 Å². The van der Waals surface area contributed by atoms with Crippen LogP contribution in [0.5, 0.6) is 5.75 Å². The highest BCUT2D eigenvalue weighted by Gasteiger charge is 2.09. The number of carbonyl (C=O) groups excluding carboxylic acids is 2. The third-order valence-corrected chi connectivity index (χ3v) is 2.27. The maximum Gasteiger partial charge on any atom is 0.325 e. The van der Waals surface area contributed by atoms with Crippen molar-refractivity contribution in [1.29, 1.82) is 5.26 Å². The van der Waals surface area contributed by atoms with Crippen LogP contribution >= 0.6 is 0 Å². The summed E-state index contributed by atoms with van der Waals surface area (Å²) in [6.07, 6.45) is 1.13. The Balaban J connectivity index is 2.61. The van der Waals surface area contributed by atoms with Crippen molar-refractivity contribution in [2.45, 2.75) is 6.92 Å². The van der Waals surface area contributed by atoms with Crippen LogP contribution in [0.3, 0.4) is 0 Å². The fourth-order valence-electron chi connectivity index (χ4n) is 1.38. The van der Waals surface area contributed by atoms with Gasteiger partial charge in [-0.1, -0.05) is 6.07 Å². The van der Waals surface area contributed by atoms with Crippen molar-refractivity contribution in [1.82, 2.24) is 5.32 Å². The summed E-state index contributed by atoms with van der Waals surface area (Å²) in [6.45, 7) is 1.79. The Labute approximate surface area is 121 Å². The summed E-state index contributed by atoms with van der Waals surface area (Å²) >= 11 is 0. The molecule has 1 aromatic carbocycles. The van der Waals surface area contributed by atoms with E-state index in [0.29, 0.717) is 5.69 Å². The topological polar surface area (TPSA) is 111 Å². The van der Waals surface area contributed by atoms with Crippen molar-refractivity contribution in [2.24, 2.45) is 0 Å². The van der Waals surface area contributed by atoms with Gasteiger partial charge >= 0.3 is 5.97 Å². The van der Waals surface area contributed by atoms with Crippen LogP contribution in [0.25, 0.3) is 0 Å². The lowest BCUT2D eigenvalue weighted by molar-refractivity contribution is -0.141. The van der Waals surface area contributed by atoms with E-state index in [-0.39, 0.29) is 24.5 Å². The molecule has 0 spiro atoms. The number of hydrogen-bond acceptors (Lipinski definition) is 6. The molecule has 0 aromatic heterocycles. The van der Waals surface area contributed by atoms with Crippen LogP contribution in [0, 0.1) is 11.3 Å². The second-order valence-electron chi connectivity index (χ2n) is 3.86. The summed E-state index contributed by atoms with van der Waals surface area (Å²) in [5.41, 5.74) is 0.147. The molecular weight excluding hydrogens is 274 g/mol. The minimum Gasteiger partial charge on any atom is -0.508 e. The van der Waals surface area contributed by atoms with Crippen LogP contribution in [0.1, 0.15) is 6.92 Å². The summed E-state index contributed by atoms with van der Waals surface area (Å²) in [6, 6.07) is 7.64. The number of aromatic hydroxyl groups is 1. The van der Waals surface area contributed by atoms with Gasteiger partial charge in [-0.3, -0.25) is 9.59 Å². The van der Waals surface area contributed by atoms with Crippen molar-refractivity contribution < 1.29 is 19.4 Å². The molecular formula is C14H15N3O4. The van der Waals surface area contributed by atoms with E-state index >= 15 is 0 Å². The van der Waals surface area contributed by atoms with Crippen molar-refractivity contribution in [3.63, 3.8) is 0 Å². The molecule has 0 unspecified atom stereocenters. The summed E-state index contributed by atoms with van der Waals surface area (Å²) in [5, 5.41) is 23.2. The molecule has 21 heavy (non-hydrogen) atoms. The van der Waals surface area contributed by atoms with Crippen LogP contribution < -0.4 is 10.6 Å². The lowest BCUT2D eigenvalue weighted by atomic mass is 10.2. The van der Waals surface area contributed by atoms with Gasteiger partial charge in [-0.2, -0.15) is 5.26 Å². The quantitative estimate of drug-likeness (QED) is 0.407. The first-order chi connectivity index (χ1) is 10.1. The van der Waals surface area contributed by atoms with Crippen LogP contribution in [0.2, 0.25) is 0 Å². The minimum absolute atomic E-state index is 0.00396. The summed E-state index contributed by atoms with van der Waals surface area (Å²) in [5.74, 6) is -1.14. The number of rotatable bonds is 6. The van der Waals surface area contributed by atoms with Gasteiger partial charge < -0.3 is 20.5 Å². The SMILES string of the molecule is CCOC(=O)CN/C=C(/C#N)C(=O)Nc1cccc(O)c1. The highest BCUT2D eigenvalue weighted by molar-refractivity contribution is 6.06. The summed E-state index contributed by atoms with van der Waals surface area (Å²) < 4.78 is 4.68. The summed E-state index contributed by atoms with van der Waals surface area (Å²) in [7, 11) is 0. The molecule has 1 aromatic rings. The van der Waals surface area contributed by atoms with Gasteiger partial charge in [0.15, 0.2) is 0 Å². The number of nitrogens with one attached hydrogen (secondary N) is 2. The van der Waals surface area contributed by atoms with Crippen molar-refractivity contribution in [2.75, 3.05) is 18.5 Å². The molecule has 1 rings (SSSR count). The van der Waals surface area contributed by atoms with Crippen LogP contribution in [-0.2, 0) is 14.3 Å². The Hall–Kier alpha value is -3.01. The predicted molar refractivity (Wildman–Crippen MR) is 75.1 cm³/mol. The zero-order valence-electron chi connectivity index (χ0n) is 11.4. The van der Waals surface area contributed by atoms with E-state index in [1.165, 1.54) is 12.1 Å². The minimum atomic E-state index is -0.653. The average molecular weight is 289 g/mol. The largest absolute Gasteiger partial charge is 0.508 e. The number of phenolic OH excluding ortho intramolecular Hbond substituents is 1. The van der Waals surface area contributed by atoms with Gasteiger partial charge in [-0.15, -0.1) is 0 Å². The van der Waals surface area contributed by atoms with Crippen molar-refractivity contribution in [3.05, 3.63) is 36.0 Å². The summed E-state index contributed by atoms with van der Waals surface area (Å²) in [4.78, 5) is 22.9. The second-order valence-corrected chi connectivity index (χ2v) is 3.86. The van der Waals surface area contributed by atoms with E-state index < -0.39 is 11.9 Å². The number of esters is 1. The maximum atomic E-state index is 11.8. The van der Waals surface area contributed by atoms with Gasteiger partial charge in [0, 0.05) is 18.0 Å². The molecule has 0 radical (unpaired) electrons. The zero-order valence-corrected chi connectivity index (χ0v) is 11.4. The number of anilines is 1. The molecule has 7 nitrogen and oxygen atoms in total. The fraction of sp³-hybridized carbons (Fsp3) is 0.214. The molecule has 3 N–H and O–H groups in total. The van der Waals surface area contributed by atoms with Crippen molar-refractivity contribution in [3.8, 4) is 11.8 Å². The number of benzene rings is 1. The van der Waals surface area contributed by atoms with Crippen molar-refractivity contribution >= 4 is 17.6 Å². The average Bonchev–Trinajstić information content (AvgIpc) is 2.43. The number of nitriles is 1. The smallest absolute Gasteiger partial charge is 0.325 e. The number of ether oxygens (including phenoxy) is 1. The fourth-order valence-corrected chi connectivity index (χ4v) is 1.38. The van der Waals surface area contributed by atoms with E-state index in [0.717, 1.165) is 6.20 Å². The number of nitrogens with zero attached hydrogens (tertiary/aromatic N) is 1. The van der Waals surface area contributed by atoms with Gasteiger partial charge in [0.1, 0.15) is 23.9 Å². The van der Waals surface area contributed by atoms with Gasteiger partial charge in [-0.25, -0.2) is 0 Å². The lowest BCUT2D eigenvalue weighted by Crippen LogP contribution is -2.22. The number of phenols is 1. The predicted octanol–water partition coefficient (Wildman–Crippen LogP) is 0.891. The Kier molecular flexibility index (Phi) is 6.28. The monoisotopic (exact) mass is 289 g/mol. The highest BCUT2D eigenvalue weighted by atomic mass is 16.5. The lowest BCUT2D eigenvalue weighted by Gasteiger charge is -2.05. The molecule has 0 bridgehead atoms. The van der Waals surface area contributed by atoms with E-state index in [2.05, 4.69) is 15.4 Å². The molecule has 7 heteroatoms. The van der Waals surface area contributed by atoms with E-state index in [4.69, 9.17) is 5.26 Å². The normalized spacial score (nSPS) is 10.4. The zero-order chi connectivity index (χ0) is 15.7. The molecule has 0 saturated heterocycles. The van der Waals surface area contributed by atoms with Crippen LogP contribution in [0.4, 0.5) is 5.69 Å². The van der Waals surface area contributed by atoms with E-state index in [1.54, 1.807) is 25.1 Å². The van der Waals surface area contributed by atoms with Crippen LogP contribution in [-0.4, -0.2) is 30.1 Å². The Bertz CT molecular complexity index is 590. The standard InChI is InChI=1S/C14H15N3O4/c1-2-21-13(19)9-16-8-10(7-15)14(20)17-11-4-3-5-12(18)6-11/h3-6,8,16,18H,2,9H2,1H3,(H,17,20)/b10-8-. The van der Waals surface area contributed by atoms with Gasteiger partial charge in [0.25, 0.3) is 5.91 Å². The Morgan fingerprint density at radius 3 is 2.86 bits per heavy atom. The first kappa shape index (κ1) is 16.0. The van der Waals surface area contributed by atoms with Gasteiger partial charge in [0.05, 0.1) is 6.61 Å². The molecule has 0 fully saturated rings. The molecule has 1 amide bonds. The van der Waals surface area contributed by atoms with Crippen LogP contribution in [0.15, 0.2) is 36.0 Å². The third-order valence-electron chi connectivity index (χ3n) is 2.27. The molecule has 110 valence electrons. The molecule has 0 saturated carbocycles. The molecule has 0 atom stereocenters.